The Morgan fingerprint density at radius 3 is 2.62 bits per heavy atom. The van der Waals surface area contributed by atoms with Crippen LogP contribution in [-0.4, -0.2) is 33.8 Å². The number of methoxy groups -OCH3 is 1. The van der Waals surface area contributed by atoms with Crippen molar-refractivity contribution in [3.05, 3.63) is 52.9 Å². The molecule has 8 nitrogen and oxygen atoms in total. The number of hydrogen-bond acceptors (Lipinski definition) is 6. The van der Waals surface area contributed by atoms with Gasteiger partial charge >= 0.3 is 0 Å². The Kier molecular flexibility index (Phi) is 5.41. The molecule has 1 saturated carbocycles. The molecule has 2 heterocycles. The summed E-state index contributed by atoms with van der Waals surface area (Å²) in [6.45, 7) is -0.0390. The quantitative estimate of drug-likeness (QED) is 0.690. The monoisotopic (exact) mass is 394 g/mol. The topological polar surface area (TPSA) is 99.3 Å². The van der Waals surface area contributed by atoms with Crippen LogP contribution >= 0.6 is 0 Å². The Balaban J connectivity index is 1.51. The molecule has 0 unspecified atom stereocenters. The Morgan fingerprint density at radius 2 is 1.90 bits per heavy atom. The molecule has 1 aliphatic carbocycles. The molecule has 2 aromatic heterocycles. The van der Waals surface area contributed by atoms with Crippen LogP contribution in [0.3, 0.4) is 0 Å². The summed E-state index contributed by atoms with van der Waals surface area (Å²) in [6, 6.07) is 10.5. The van der Waals surface area contributed by atoms with Crippen molar-refractivity contribution in [2.75, 3.05) is 7.11 Å². The van der Waals surface area contributed by atoms with Gasteiger partial charge in [0.05, 0.1) is 12.7 Å². The zero-order chi connectivity index (χ0) is 20.2. The lowest BCUT2D eigenvalue weighted by Gasteiger charge is -2.13. The van der Waals surface area contributed by atoms with E-state index in [4.69, 9.17) is 9.26 Å². The molecular weight excluding hydrogens is 372 g/mol. The van der Waals surface area contributed by atoms with Crippen LogP contribution in [-0.2, 0) is 11.3 Å². The number of hydrogen-bond donors (Lipinski definition) is 1. The molecule has 3 aromatic rings. The van der Waals surface area contributed by atoms with Gasteiger partial charge in [0.1, 0.15) is 12.3 Å². The Labute approximate surface area is 167 Å². The fourth-order valence-corrected chi connectivity index (χ4v) is 3.48. The average Bonchev–Trinajstić information content (AvgIpc) is 3.42. The maximum Gasteiger partial charge on any atom is 0.259 e. The van der Waals surface area contributed by atoms with Crippen LogP contribution in [0.2, 0.25) is 0 Å². The van der Waals surface area contributed by atoms with Crippen LogP contribution in [0.5, 0.6) is 5.75 Å². The zero-order valence-corrected chi connectivity index (χ0v) is 16.1. The third kappa shape index (κ3) is 4.37. The summed E-state index contributed by atoms with van der Waals surface area (Å²) in [5.41, 5.74) is 1.10. The van der Waals surface area contributed by atoms with Gasteiger partial charge in [0.2, 0.25) is 11.7 Å². The fraction of sp³-hybridized carbons (Fsp3) is 0.333. The van der Waals surface area contributed by atoms with E-state index in [0.717, 1.165) is 37.0 Å². The van der Waals surface area contributed by atoms with Gasteiger partial charge in [-0.3, -0.25) is 9.59 Å². The predicted molar refractivity (Wildman–Crippen MR) is 106 cm³/mol. The second-order valence-corrected chi connectivity index (χ2v) is 7.08. The molecule has 1 aromatic carbocycles. The molecule has 150 valence electrons. The lowest BCUT2D eigenvalue weighted by Crippen LogP contribution is -2.37. The minimum atomic E-state index is -0.259. The van der Waals surface area contributed by atoms with Crippen LogP contribution < -0.4 is 15.6 Å². The summed E-state index contributed by atoms with van der Waals surface area (Å²) >= 11 is 0. The van der Waals surface area contributed by atoms with E-state index in [9.17, 15) is 9.59 Å². The molecule has 0 bridgehead atoms. The van der Waals surface area contributed by atoms with Crippen molar-refractivity contribution >= 4 is 5.91 Å². The van der Waals surface area contributed by atoms with Crippen LogP contribution in [0.4, 0.5) is 0 Å². The Hall–Kier alpha value is -3.42. The van der Waals surface area contributed by atoms with Crippen molar-refractivity contribution in [1.82, 2.24) is 20.0 Å². The molecule has 29 heavy (non-hydrogen) atoms. The zero-order valence-electron chi connectivity index (χ0n) is 16.1. The summed E-state index contributed by atoms with van der Waals surface area (Å²) in [4.78, 5) is 28.8. The number of benzene rings is 1. The summed E-state index contributed by atoms with van der Waals surface area (Å²) in [7, 11) is 1.60. The molecule has 0 aliphatic heterocycles. The minimum absolute atomic E-state index is 0.0390. The minimum Gasteiger partial charge on any atom is -0.497 e. The maximum absolute atomic E-state index is 12.3. The van der Waals surface area contributed by atoms with E-state index >= 15 is 0 Å². The number of nitrogens with zero attached hydrogens (tertiary/aromatic N) is 3. The molecule has 1 aliphatic rings. The van der Waals surface area contributed by atoms with E-state index in [-0.39, 0.29) is 29.9 Å². The standard InChI is InChI=1S/C21H22N4O4/c1-28-17-9-6-14(7-10-17)20-23-21(29-24-20)15-8-11-19(27)25(12-15)13-18(26)22-16-4-2-3-5-16/h6-12,16H,2-5,13H2,1H3,(H,22,26). The number of aromatic nitrogens is 3. The number of carbonyl (C=O) groups is 1. The number of pyridine rings is 1. The maximum atomic E-state index is 12.3. The van der Waals surface area contributed by atoms with Gasteiger partial charge in [-0.05, 0) is 43.2 Å². The summed E-state index contributed by atoms with van der Waals surface area (Å²) < 4.78 is 11.9. The van der Waals surface area contributed by atoms with Crippen LogP contribution in [0.25, 0.3) is 22.8 Å². The second-order valence-electron chi connectivity index (χ2n) is 7.08. The second kappa shape index (κ2) is 8.30. The SMILES string of the molecule is COc1ccc(-c2noc(-c3ccc(=O)n(CC(=O)NC4CCCC4)c3)n2)cc1. The van der Waals surface area contributed by atoms with Gasteiger partial charge < -0.3 is 19.1 Å². The van der Waals surface area contributed by atoms with Gasteiger partial charge in [-0.15, -0.1) is 0 Å². The van der Waals surface area contributed by atoms with Gasteiger partial charge in [0.25, 0.3) is 11.4 Å². The molecule has 0 atom stereocenters. The summed E-state index contributed by atoms with van der Waals surface area (Å²) in [5, 5.41) is 6.99. The van der Waals surface area contributed by atoms with E-state index in [2.05, 4.69) is 15.5 Å². The van der Waals surface area contributed by atoms with Gasteiger partial charge in [-0.1, -0.05) is 18.0 Å². The lowest BCUT2D eigenvalue weighted by atomic mass is 10.2. The van der Waals surface area contributed by atoms with Crippen LogP contribution in [0, 0.1) is 0 Å². The first-order valence-corrected chi connectivity index (χ1v) is 9.61. The average molecular weight is 394 g/mol. The van der Waals surface area contributed by atoms with Crippen molar-refractivity contribution in [2.45, 2.75) is 38.3 Å². The molecule has 4 rings (SSSR count). The number of rotatable bonds is 6. The van der Waals surface area contributed by atoms with Crippen molar-refractivity contribution in [3.8, 4) is 28.6 Å². The van der Waals surface area contributed by atoms with Crippen LogP contribution in [0.15, 0.2) is 51.9 Å². The lowest BCUT2D eigenvalue weighted by molar-refractivity contribution is -0.122. The highest BCUT2D eigenvalue weighted by atomic mass is 16.5. The molecule has 0 saturated heterocycles. The molecule has 0 spiro atoms. The highest BCUT2D eigenvalue weighted by Gasteiger charge is 2.18. The third-order valence-corrected chi connectivity index (χ3v) is 5.04. The summed E-state index contributed by atoms with van der Waals surface area (Å²) in [5.74, 6) is 1.28. The predicted octanol–water partition coefficient (Wildman–Crippen LogP) is 2.63. The summed E-state index contributed by atoms with van der Waals surface area (Å²) in [6.07, 6.45) is 5.83. The van der Waals surface area contributed by atoms with Crippen LogP contribution in [0.1, 0.15) is 25.7 Å². The van der Waals surface area contributed by atoms with E-state index in [0.29, 0.717) is 11.4 Å². The van der Waals surface area contributed by atoms with Crippen molar-refractivity contribution in [2.24, 2.45) is 0 Å². The molecule has 1 N–H and O–H groups in total. The van der Waals surface area contributed by atoms with E-state index < -0.39 is 0 Å². The highest BCUT2D eigenvalue weighted by Crippen LogP contribution is 2.23. The van der Waals surface area contributed by atoms with Gasteiger partial charge in [-0.2, -0.15) is 4.98 Å². The number of nitrogens with one attached hydrogen (secondary N) is 1. The van der Waals surface area contributed by atoms with Gasteiger partial charge in [0, 0.05) is 23.9 Å². The van der Waals surface area contributed by atoms with E-state index in [1.807, 2.05) is 24.3 Å². The molecular formula is C21H22N4O4. The van der Waals surface area contributed by atoms with E-state index in [1.165, 1.54) is 10.6 Å². The van der Waals surface area contributed by atoms with E-state index in [1.54, 1.807) is 19.4 Å². The number of amides is 1. The normalized spacial score (nSPS) is 14.1. The molecule has 1 fully saturated rings. The van der Waals surface area contributed by atoms with Gasteiger partial charge in [0.15, 0.2) is 0 Å². The van der Waals surface area contributed by atoms with Gasteiger partial charge in [-0.25, -0.2) is 0 Å². The Morgan fingerprint density at radius 1 is 1.17 bits per heavy atom. The first-order chi connectivity index (χ1) is 14.1. The molecule has 0 radical (unpaired) electrons. The highest BCUT2D eigenvalue weighted by molar-refractivity contribution is 5.76. The molecule has 8 heteroatoms. The first kappa shape index (κ1) is 18.9. The number of ether oxygens (including phenoxy) is 1. The fourth-order valence-electron chi connectivity index (χ4n) is 3.48. The Bertz CT molecular complexity index is 1050. The van der Waals surface area contributed by atoms with Crippen molar-refractivity contribution < 1.29 is 14.1 Å². The smallest absolute Gasteiger partial charge is 0.259 e. The van der Waals surface area contributed by atoms with Crippen molar-refractivity contribution in [3.63, 3.8) is 0 Å². The van der Waals surface area contributed by atoms with Crippen molar-refractivity contribution in [1.29, 1.82) is 0 Å². The number of carbonyl (C=O) groups excluding carboxylic acids is 1. The largest absolute Gasteiger partial charge is 0.497 e. The third-order valence-electron chi connectivity index (χ3n) is 5.04. The first-order valence-electron chi connectivity index (χ1n) is 9.61. The molecule has 1 amide bonds.